The van der Waals surface area contributed by atoms with E-state index in [9.17, 15) is 4.39 Å². The van der Waals surface area contributed by atoms with Crippen LogP contribution in [0.25, 0.3) is 0 Å². The largest absolute Gasteiger partial charge is 0.310 e. The molecule has 0 aromatic heterocycles. The second-order valence-electron chi connectivity index (χ2n) is 4.46. The van der Waals surface area contributed by atoms with Crippen LogP contribution in [-0.4, -0.2) is 12.3 Å². The minimum absolute atomic E-state index is 0.281. The Hall–Kier alpha value is -0.250. The van der Waals surface area contributed by atoms with E-state index in [2.05, 4.69) is 19.2 Å². The molecule has 0 saturated heterocycles. The van der Waals surface area contributed by atoms with Gasteiger partial charge in [0.1, 0.15) is 5.82 Å². The van der Waals surface area contributed by atoms with Gasteiger partial charge in [-0.1, -0.05) is 31.5 Å². The summed E-state index contributed by atoms with van der Waals surface area (Å²) in [6, 6.07) is 3.64. The first-order chi connectivity index (χ1) is 8.15. The molecule has 1 nitrogen and oxygen atoms in total. The van der Waals surface area contributed by atoms with Crippen molar-refractivity contribution in [2.45, 2.75) is 25.6 Å². The van der Waals surface area contributed by atoms with Gasteiger partial charge < -0.3 is 5.32 Å². The van der Waals surface area contributed by atoms with E-state index in [1.807, 2.05) is 17.8 Å². The van der Waals surface area contributed by atoms with Crippen molar-refractivity contribution in [3.05, 3.63) is 34.1 Å². The lowest BCUT2D eigenvalue weighted by atomic mass is 9.92. The van der Waals surface area contributed by atoms with E-state index in [1.54, 1.807) is 0 Å². The average molecular weight is 274 g/mol. The first kappa shape index (κ1) is 13.2. The third kappa shape index (κ3) is 2.61. The Morgan fingerprint density at radius 2 is 2.29 bits per heavy atom. The average Bonchev–Trinajstić information content (AvgIpc) is 2.46. The topological polar surface area (TPSA) is 12.0 Å². The first-order valence-electron chi connectivity index (χ1n) is 5.93. The fraction of sp³-hybridized carbons (Fsp3) is 0.538. The molecule has 4 heteroatoms. The lowest BCUT2D eigenvalue weighted by Gasteiger charge is -2.24. The summed E-state index contributed by atoms with van der Waals surface area (Å²) in [5, 5.41) is 3.78. The minimum atomic E-state index is -0.309. The smallest absolute Gasteiger partial charge is 0.142 e. The fourth-order valence-electron chi connectivity index (χ4n) is 2.33. The first-order valence-corrected chi connectivity index (χ1v) is 7.46. The normalized spacial score (nSPS) is 24.2. The predicted molar refractivity (Wildman–Crippen MR) is 73.2 cm³/mol. The SMILES string of the molecule is CCNC1c2ccc(F)c(Cl)c2CSCC1C. The molecule has 2 unspecified atom stereocenters. The summed E-state index contributed by atoms with van der Waals surface area (Å²) < 4.78 is 13.5. The van der Waals surface area contributed by atoms with Gasteiger partial charge in [0.05, 0.1) is 5.02 Å². The molecule has 1 aliphatic heterocycles. The van der Waals surface area contributed by atoms with Crippen LogP contribution >= 0.6 is 23.4 Å². The number of thioether (sulfide) groups is 1. The summed E-state index contributed by atoms with van der Waals surface area (Å²) in [7, 11) is 0. The van der Waals surface area contributed by atoms with Gasteiger partial charge >= 0.3 is 0 Å². The van der Waals surface area contributed by atoms with Crippen LogP contribution in [0.1, 0.15) is 31.0 Å². The van der Waals surface area contributed by atoms with Crippen LogP contribution in [0, 0.1) is 11.7 Å². The van der Waals surface area contributed by atoms with Gasteiger partial charge in [0.15, 0.2) is 0 Å². The molecule has 1 N–H and O–H groups in total. The second-order valence-corrected chi connectivity index (χ2v) is 5.87. The third-order valence-electron chi connectivity index (χ3n) is 3.19. The Balaban J connectivity index is 2.47. The van der Waals surface area contributed by atoms with E-state index >= 15 is 0 Å². The highest BCUT2D eigenvalue weighted by Gasteiger charge is 2.26. The molecule has 1 aromatic rings. The number of rotatable bonds is 2. The number of nitrogens with one attached hydrogen (secondary N) is 1. The number of hydrogen-bond donors (Lipinski definition) is 1. The monoisotopic (exact) mass is 273 g/mol. The Bertz CT molecular complexity index is 411. The quantitative estimate of drug-likeness (QED) is 0.874. The highest BCUT2D eigenvalue weighted by atomic mass is 35.5. The highest BCUT2D eigenvalue weighted by molar-refractivity contribution is 7.98. The van der Waals surface area contributed by atoms with Gasteiger partial charge in [-0.05, 0) is 35.4 Å². The Morgan fingerprint density at radius 1 is 1.53 bits per heavy atom. The summed E-state index contributed by atoms with van der Waals surface area (Å²) in [5.74, 6) is 2.10. The molecule has 0 radical (unpaired) electrons. The molecule has 17 heavy (non-hydrogen) atoms. The van der Waals surface area contributed by atoms with Gasteiger partial charge in [0, 0.05) is 11.8 Å². The van der Waals surface area contributed by atoms with E-state index in [1.165, 1.54) is 6.07 Å². The molecule has 2 atom stereocenters. The van der Waals surface area contributed by atoms with E-state index in [4.69, 9.17) is 11.6 Å². The molecular weight excluding hydrogens is 257 g/mol. The molecular formula is C13H17ClFNS. The number of benzene rings is 1. The van der Waals surface area contributed by atoms with Crippen LogP contribution in [0.15, 0.2) is 12.1 Å². The zero-order chi connectivity index (χ0) is 12.4. The molecule has 0 saturated carbocycles. The van der Waals surface area contributed by atoms with E-state index in [0.29, 0.717) is 10.9 Å². The zero-order valence-electron chi connectivity index (χ0n) is 10.1. The van der Waals surface area contributed by atoms with Crippen molar-refractivity contribution < 1.29 is 4.39 Å². The Morgan fingerprint density at radius 3 is 3.00 bits per heavy atom. The van der Waals surface area contributed by atoms with Crippen molar-refractivity contribution in [1.82, 2.24) is 5.32 Å². The molecule has 0 amide bonds. The van der Waals surface area contributed by atoms with Crippen LogP contribution in [0.4, 0.5) is 4.39 Å². The zero-order valence-corrected chi connectivity index (χ0v) is 11.7. The molecule has 0 bridgehead atoms. The van der Waals surface area contributed by atoms with E-state index in [-0.39, 0.29) is 11.9 Å². The van der Waals surface area contributed by atoms with Crippen molar-refractivity contribution in [2.75, 3.05) is 12.3 Å². The molecule has 1 aromatic carbocycles. The van der Waals surface area contributed by atoms with Crippen molar-refractivity contribution >= 4 is 23.4 Å². The Labute approximate surface area is 111 Å². The van der Waals surface area contributed by atoms with Crippen molar-refractivity contribution in [3.8, 4) is 0 Å². The van der Waals surface area contributed by atoms with Gasteiger partial charge in [0.2, 0.25) is 0 Å². The molecule has 1 heterocycles. The number of halogens is 2. The molecule has 0 aliphatic carbocycles. The van der Waals surface area contributed by atoms with E-state index < -0.39 is 0 Å². The summed E-state index contributed by atoms with van der Waals surface area (Å²) in [6.07, 6.45) is 0. The van der Waals surface area contributed by atoms with Gasteiger partial charge in [-0.25, -0.2) is 4.39 Å². The maximum Gasteiger partial charge on any atom is 0.142 e. The number of fused-ring (bicyclic) bond motifs is 1. The molecule has 0 fully saturated rings. The van der Waals surface area contributed by atoms with Gasteiger partial charge in [-0.3, -0.25) is 0 Å². The summed E-state index contributed by atoms with van der Waals surface area (Å²) in [5.41, 5.74) is 2.13. The summed E-state index contributed by atoms with van der Waals surface area (Å²) >= 11 is 7.91. The van der Waals surface area contributed by atoms with Crippen molar-refractivity contribution in [1.29, 1.82) is 0 Å². The van der Waals surface area contributed by atoms with Crippen molar-refractivity contribution in [3.63, 3.8) is 0 Å². The van der Waals surface area contributed by atoms with Crippen LogP contribution < -0.4 is 5.32 Å². The van der Waals surface area contributed by atoms with Gasteiger partial charge in [0.25, 0.3) is 0 Å². The van der Waals surface area contributed by atoms with Crippen LogP contribution in [-0.2, 0) is 5.75 Å². The standard InChI is InChI=1S/C13H17ClFNS/c1-3-16-13-8(2)6-17-7-10-9(13)4-5-11(15)12(10)14/h4-5,8,13,16H,3,6-7H2,1-2H3. The lowest BCUT2D eigenvalue weighted by molar-refractivity contribution is 0.427. The minimum Gasteiger partial charge on any atom is -0.310 e. The summed E-state index contributed by atoms with van der Waals surface area (Å²) in [6.45, 7) is 5.23. The summed E-state index contributed by atoms with van der Waals surface area (Å²) in [4.78, 5) is 0. The van der Waals surface area contributed by atoms with Crippen LogP contribution in [0.5, 0.6) is 0 Å². The van der Waals surface area contributed by atoms with Crippen LogP contribution in [0.2, 0.25) is 5.02 Å². The number of hydrogen-bond acceptors (Lipinski definition) is 2. The fourth-order valence-corrected chi connectivity index (χ4v) is 3.84. The second kappa shape index (κ2) is 5.59. The molecule has 1 aliphatic rings. The third-order valence-corrected chi connectivity index (χ3v) is 4.85. The molecule has 94 valence electrons. The molecule has 0 spiro atoms. The molecule has 2 rings (SSSR count). The highest BCUT2D eigenvalue weighted by Crippen LogP contribution is 2.38. The Kier molecular flexibility index (Phi) is 4.34. The van der Waals surface area contributed by atoms with Gasteiger partial charge in [-0.15, -0.1) is 0 Å². The lowest BCUT2D eigenvalue weighted by Crippen LogP contribution is -2.27. The predicted octanol–water partition coefficient (Wildman–Crippen LogP) is 4.01. The van der Waals surface area contributed by atoms with Crippen LogP contribution in [0.3, 0.4) is 0 Å². The van der Waals surface area contributed by atoms with E-state index in [0.717, 1.165) is 29.2 Å². The maximum atomic E-state index is 13.5. The maximum absolute atomic E-state index is 13.5. The van der Waals surface area contributed by atoms with Crippen molar-refractivity contribution in [2.24, 2.45) is 5.92 Å². The van der Waals surface area contributed by atoms with Gasteiger partial charge in [-0.2, -0.15) is 11.8 Å².